The number of hydrogen-bond acceptors (Lipinski definition) is 7. The van der Waals surface area contributed by atoms with E-state index in [1.54, 1.807) is 6.07 Å². The lowest BCUT2D eigenvalue weighted by Crippen LogP contribution is -2.53. The zero-order valence-electron chi connectivity index (χ0n) is 17.4. The molecule has 13 heteroatoms. The van der Waals surface area contributed by atoms with Crippen LogP contribution in [0.3, 0.4) is 0 Å². The number of aliphatic hydroxyl groups excluding tert-OH is 1. The summed E-state index contributed by atoms with van der Waals surface area (Å²) in [5.41, 5.74) is -4.43. The predicted molar refractivity (Wildman–Crippen MR) is 107 cm³/mol. The fourth-order valence-corrected chi connectivity index (χ4v) is 5.11. The van der Waals surface area contributed by atoms with Crippen molar-refractivity contribution in [2.24, 2.45) is 0 Å². The molecule has 1 fully saturated rings. The molecule has 3 atom stereocenters. The van der Waals surface area contributed by atoms with E-state index in [0.717, 1.165) is 12.1 Å². The number of nitriles is 2. The zero-order valence-corrected chi connectivity index (χ0v) is 18.2. The molecule has 34 heavy (non-hydrogen) atoms. The van der Waals surface area contributed by atoms with E-state index in [1.165, 1.54) is 19.1 Å². The summed E-state index contributed by atoms with van der Waals surface area (Å²) in [6.45, 7) is -0.121. The van der Waals surface area contributed by atoms with E-state index >= 15 is 0 Å². The number of benzene rings is 2. The molecule has 1 aliphatic rings. The smallest absolute Gasteiger partial charge is 0.416 e. The second kappa shape index (κ2) is 8.85. The van der Waals surface area contributed by atoms with E-state index in [2.05, 4.69) is 0 Å². The first-order valence-corrected chi connectivity index (χ1v) is 11.1. The molecule has 0 amide bonds. The third-order valence-electron chi connectivity index (χ3n) is 5.46. The lowest BCUT2D eigenvalue weighted by atomic mass is 9.94. The third-order valence-corrected chi connectivity index (χ3v) is 7.33. The largest absolute Gasteiger partial charge is 0.486 e. The van der Waals surface area contributed by atoms with Gasteiger partial charge in [-0.1, -0.05) is 0 Å². The lowest BCUT2D eigenvalue weighted by molar-refractivity contribution is -0.137. The van der Waals surface area contributed by atoms with Gasteiger partial charge in [0.2, 0.25) is 10.0 Å². The summed E-state index contributed by atoms with van der Waals surface area (Å²) in [6.07, 6.45) is -7.76. The molecular weight excluding hydrogens is 482 g/mol. The van der Waals surface area contributed by atoms with Crippen LogP contribution in [-0.4, -0.2) is 53.8 Å². The van der Waals surface area contributed by atoms with Gasteiger partial charge >= 0.3 is 6.18 Å². The number of β-amino-alcohol motifs (C(OH)–C–C–N with tert-alkyl or cyclic N) is 1. The maximum absolute atomic E-state index is 13.9. The summed E-state index contributed by atoms with van der Waals surface area (Å²) in [5, 5.41) is 39.2. The van der Waals surface area contributed by atoms with Crippen LogP contribution in [0.15, 0.2) is 41.3 Å². The minimum atomic E-state index is -4.80. The van der Waals surface area contributed by atoms with E-state index in [0.29, 0.717) is 22.5 Å². The standard InChI is InChI=1S/C21H17F4N3O5S/c1-12(29)20(30)11-28(10-19(20)33-16-4-2-13(8-26)17(22)7-16)34(31,32)18-5-3-15(21(23,24)25)6-14(18)9-27/h2-7,12,19,29-30H,10-11H2,1H3/t12?,19-,20-/m0/s1. The fourth-order valence-electron chi connectivity index (χ4n) is 3.50. The summed E-state index contributed by atoms with van der Waals surface area (Å²) in [4.78, 5) is -0.721. The second-order valence-electron chi connectivity index (χ2n) is 7.65. The van der Waals surface area contributed by atoms with Crippen molar-refractivity contribution in [3.8, 4) is 17.9 Å². The maximum atomic E-state index is 13.9. The number of rotatable bonds is 5. The highest BCUT2D eigenvalue weighted by atomic mass is 32.2. The molecule has 2 aromatic carbocycles. The predicted octanol–water partition coefficient (Wildman–Crippen LogP) is 2.15. The quantitative estimate of drug-likeness (QED) is 0.602. The molecule has 0 spiro atoms. The normalized spacial score (nSPS) is 22.1. The molecule has 0 aromatic heterocycles. The van der Waals surface area contributed by atoms with Crippen LogP contribution < -0.4 is 4.74 Å². The topological polar surface area (TPSA) is 135 Å². The van der Waals surface area contributed by atoms with Gasteiger partial charge in [-0.25, -0.2) is 12.8 Å². The molecule has 1 unspecified atom stereocenters. The first-order chi connectivity index (χ1) is 15.7. The number of nitrogens with zero attached hydrogens (tertiary/aromatic N) is 3. The van der Waals surface area contributed by atoms with Crippen LogP contribution in [0.25, 0.3) is 0 Å². The lowest BCUT2D eigenvalue weighted by Gasteiger charge is -2.31. The third kappa shape index (κ3) is 4.56. The van der Waals surface area contributed by atoms with Crippen LogP contribution in [0.1, 0.15) is 23.6 Å². The number of alkyl halides is 3. The van der Waals surface area contributed by atoms with Gasteiger partial charge in [0.15, 0.2) is 0 Å². The van der Waals surface area contributed by atoms with Crippen molar-refractivity contribution in [1.82, 2.24) is 4.31 Å². The van der Waals surface area contributed by atoms with Gasteiger partial charge in [-0.05, 0) is 37.3 Å². The van der Waals surface area contributed by atoms with Crippen molar-refractivity contribution in [1.29, 1.82) is 10.5 Å². The maximum Gasteiger partial charge on any atom is 0.416 e. The van der Waals surface area contributed by atoms with Crippen LogP contribution >= 0.6 is 0 Å². The molecule has 2 aromatic rings. The number of hydrogen-bond donors (Lipinski definition) is 2. The summed E-state index contributed by atoms with van der Waals surface area (Å²) in [7, 11) is -4.62. The minimum Gasteiger partial charge on any atom is -0.486 e. The highest BCUT2D eigenvalue weighted by Gasteiger charge is 2.54. The molecule has 8 nitrogen and oxygen atoms in total. The molecule has 180 valence electrons. The highest BCUT2D eigenvalue weighted by molar-refractivity contribution is 7.89. The van der Waals surface area contributed by atoms with Crippen LogP contribution in [0.4, 0.5) is 17.6 Å². The first-order valence-electron chi connectivity index (χ1n) is 9.62. The first kappa shape index (κ1) is 25.4. The van der Waals surface area contributed by atoms with E-state index in [4.69, 9.17) is 10.00 Å². The van der Waals surface area contributed by atoms with Gasteiger partial charge in [0.1, 0.15) is 35.4 Å². The van der Waals surface area contributed by atoms with E-state index in [-0.39, 0.29) is 11.3 Å². The van der Waals surface area contributed by atoms with Crippen LogP contribution in [0, 0.1) is 28.5 Å². The molecular formula is C21H17F4N3O5S. The molecule has 0 bridgehead atoms. The fraction of sp³-hybridized carbons (Fsp3) is 0.333. The Labute approximate surface area is 191 Å². The molecule has 0 aliphatic carbocycles. The van der Waals surface area contributed by atoms with Crippen molar-refractivity contribution in [3.05, 3.63) is 58.9 Å². The summed E-state index contributed by atoms with van der Waals surface area (Å²) in [6, 6.07) is 7.77. The van der Waals surface area contributed by atoms with Crippen LogP contribution in [0.5, 0.6) is 5.75 Å². The van der Waals surface area contributed by atoms with Gasteiger partial charge in [-0.2, -0.15) is 28.0 Å². The molecule has 3 rings (SSSR count). The highest BCUT2D eigenvalue weighted by Crippen LogP contribution is 2.36. The van der Waals surface area contributed by atoms with Crippen molar-refractivity contribution in [2.75, 3.05) is 13.1 Å². The molecule has 1 aliphatic heterocycles. The Bertz CT molecular complexity index is 1300. The SMILES string of the molecule is CC(O)[C@@]1(O)CN(S(=O)(=O)c2ccc(C(F)(F)F)cc2C#N)C[C@@H]1Oc1ccc(C#N)c(F)c1. The Morgan fingerprint density at radius 3 is 2.35 bits per heavy atom. The Balaban J connectivity index is 1.97. The summed E-state index contributed by atoms with van der Waals surface area (Å²) in [5.74, 6) is -1.08. The monoisotopic (exact) mass is 499 g/mol. The van der Waals surface area contributed by atoms with Gasteiger partial charge in [0.25, 0.3) is 0 Å². The van der Waals surface area contributed by atoms with Crippen LogP contribution in [-0.2, 0) is 16.2 Å². The summed E-state index contributed by atoms with van der Waals surface area (Å²) >= 11 is 0. The summed E-state index contributed by atoms with van der Waals surface area (Å²) < 4.78 is 85.4. The van der Waals surface area contributed by atoms with Crippen molar-refractivity contribution >= 4 is 10.0 Å². The number of ether oxygens (including phenoxy) is 1. The van der Waals surface area contributed by atoms with E-state index < -0.39 is 68.9 Å². The molecule has 0 radical (unpaired) electrons. The van der Waals surface area contributed by atoms with Crippen molar-refractivity contribution < 1.29 is 40.9 Å². The molecule has 2 N–H and O–H groups in total. The second-order valence-corrected chi connectivity index (χ2v) is 9.55. The van der Waals surface area contributed by atoms with Crippen LogP contribution in [0.2, 0.25) is 0 Å². The van der Waals surface area contributed by atoms with Crippen molar-refractivity contribution in [3.63, 3.8) is 0 Å². The average molecular weight is 499 g/mol. The van der Waals surface area contributed by atoms with Gasteiger partial charge in [-0.15, -0.1) is 0 Å². The van der Waals surface area contributed by atoms with Gasteiger partial charge in [0, 0.05) is 12.6 Å². The Morgan fingerprint density at radius 2 is 1.82 bits per heavy atom. The Hall–Kier alpha value is -3.23. The molecule has 1 saturated heterocycles. The van der Waals surface area contributed by atoms with E-state index in [1.807, 2.05) is 0 Å². The van der Waals surface area contributed by atoms with E-state index in [9.17, 15) is 41.5 Å². The average Bonchev–Trinajstić information content (AvgIpc) is 3.11. The number of sulfonamides is 1. The zero-order chi connectivity index (χ0) is 25.5. The van der Waals surface area contributed by atoms with Gasteiger partial charge in [-0.3, -0.25) is 0 Å². The Kier molecular flexibility index (Phi) is 6.61. The Morgan fingerprint density at radius 1 is 1.18 bits per heavy atom. The van der Waals surface area contributed by atoms with Crippen molar-refractivity contribution in [2.45, 2.75) is 35.8 Å². The molecule has 0 saturated carbocycles. The number of aliphatic hydroxyl groups is 2. The van der Waals surface area contributed by atoms with Gasteiger partial charge in [0.05, 0.1) is 34.2 Å². The molecule has 1 heterocycles. The van der Waals surface area contributed by atoms with Gasteiger partial charge < -0.3 is 14.9 Å². The number of halogens is 4. The minimum absolute atomic E-state index is 0.160.